The van der Waals surface area contributed by atoms with Crippen LogP contribution in [0.5, 0.6) is 0 Å². The summed E-state index contributed by atoms with van der Waals surface area (Å²) in [4.78, 5) is 38.1. The minimum absolute atomic E-state index is 0.140. The molecule has 1 aliphatic rings. The number of carbonyl (C=O) groups is 3. The van der Waals surface area contributed by atoms with Crippen molar-refractivity contribution in [2.75, 3.05) is 16.6 Å². The van der Waals surface area contributed by atoms with Crippen molar-refractivity contribution in [2.45, 2.75) is 11.8 Å². The van der Waals surface area contributed by atoms with E-state index in [9.17, 15) is 22.8 Å². The second-order valence-electron chi connectivity index (χ2n) is 7.29. The maximum Gasteiger partial charge on any atom is 0.262 e. The number of hydrogen-bond donors (Lipinski definition) is 2. The molecule has 0 saturated carbocycles. The summed E-state index contributed by atoms with van der Waals surface area (Å²) in [5.41, 5.74) is 2.21. The van der Waals surface area contributed by atoms with Crippen LogP contribution in [0.3, 0.4) is 0 Å². The van der Waals surface area contributed by atoms with Gasteiger partial charge < -0.3 is 5.32 Å². The Kier molecular flexibility index (Phi) is 5.50. The Bertz CT molecular complexity index is 1280. The summed E-state index contributed by atoms with van der Waals surface area (Å²) in [5, 5.41) is 2.60. The lowest BCUT2D eigenvalue weighted by Gasteiger charge is -2.14. The minimum Gasteiger partial charge on any atom is -0.325 e. The van der Waals surface area contributed by atoms with Crippen LogP contribution in [-0.2, 0) is 14.8 Å². The van der Waals surface area contributed by atoms with Crippen molar-refractivity contribution < 1.29 is 22.8 Å². The van der Waals surface area contributed by atoms with Crippen LogP contribution in [0.15, 0.2) is 77.7 Å². The van der Waals surface area contributed by atoms with E-state index in [2.05, 4.69) is 10.0 Å². The molecule has 0 radical (unpaired) electrons. The lowest BCUT2D eigenvalue weighted by molar-refractivity contribution is -0.116. The Hall–Kier alpha value is -3.98. The molecule has 1 aliphatic heterocycles. The monoisotopic (exact) mass is 449 g/mol. The first-order chi connectivity index (χ1) is 15.2. The molecule has 0 fully saturated rings. The van der Waals surface area contributed by atoms with Gasteiger partial charge in [-0.15, -0.1) is 0 Å². The van der Waals surface area contributed by atoms with Crippen LogP contribution >= 0.6 is 0 Å². The molecule has 0 aromatic heterocycles. The highest BCUT2D eigenvalue weighted by Gasteiger charge is 2.36. The number of aryl methyl sites for hydroxylation is 1. The first-order valence-electron chi connectivity index (χ1n) is 9.69. The maximum absolute atomic E-state index is 12.5. The number of anilines is 2. The molecule has 0 saturated heterocycles. The third-order valence-electron chi connectivity index (χ3n) is 4.93. The van der Waals surface area contributed by atoms with E-state index in [-0.39, 0.29) is 16.0 Å². The van der Waals surface area contributed by atoms with Crippen LogP contribution in [0.2, 0.25) is 0 Å². The zero-order chi connectivity index (χ0) is 22.9. The molecule has 162 valence electrons. The van der Waals surface area contributed by atoms with Crippen molar-refractivity contribution in [3.63, 3.8) is 0 Å². The Morgan fingerprint density at radius 3 is 1.91 bits per heavy atom. The smallest absolute Gasteiger partial charge is 0.262 e. The first-order valence-corrected chi connectivity index (χ1v) is 11.2. The Morgan fingerprint density at radius 2 is 1.34 bits per heavy atom. The van der Waals surface area contributed by atoms with Crippen LogP contribution in [0.25, 0.3) is 0 Å². The molecule has 0 bridgehead atoms. The molecular weight excluding hydrogens is 430 g/mol. The average molecular weight is 449 g/mol. The van der Waals surface area contributed by atoms with Gasteiger partial charge in [-0.25, -0.2) is 8.42 Å². The highest BCUT2D eigenvalue weighted by atomic mass is 32.2. The number of carbonyl (C=O) groups excluding carboxylic acids is 3. The molecule has 3 aromatic carbocycles. The largest absolute Gasteiger partial charge is 0.325 e. The van der Waals surface area contributed by atoms with Crippen molar-refractivity contribution >= 4 is 39.1 Å². The fourth-order valence-corrected chi connectivity index (χ4v) is 4.34. The zero-order valence-corrected chi connectivity index (χ0v) is 17.8. The van der Waals surface area contributed by atoms with Crippen molar-refractivity contribution in [3.8, 4) is 0 Å². The lowest BCUT2D eigenvalue weighted by Crippen LogP contribution is -2.37. The molecule has 0 atom stereocenters. The number of fused-ring (bicyclic) bond motifs is 1. The SMILES string of the molecule is Cc1ccc(S(=O)(=O)Nc2ccc(NC(=O)CN3C(=O)c4ccccc4C3=O)cc2)cc1. The summed E-state index contributed by atoms with van der Waals surface area (Å²) in [6.45, 7) is 1.44. The molecule has 0 spiro atoms. The number of amides is 3. The van der Waals surface area contributed by atoms with Crippen LogP contribution in [0.1, 0.15) is 26.3 Å². The predicted molar refractivity (Wildman–Crippen MR) is 119 cm³/mol. The first kappa shape index (κ1) is 21.3. The zero-order valence-electron chi connectivity index (χ0n) is 17.0. The number of nitrogens with zero attached hydrogens (tertiary/aromatic N) is 1. The fourth-order valence-electron chi connectivity index (χ4n) is 3.28. The quantitative estimate of drug-likeness (QED) is 0.562. The standard InChI is InChI=1S/C23H19N3O5S/c1-15-6-12-18(13-7-15)32(30,31)25-17-10-8-16(9-11-17)24-21(27)14-26-22(28)19-4-2-3-5-20(19)23(26)29/h2-13,25H,14H2,1H3,(H,24,27). The summed E-state index contributed by atoms with van der Waals surface area (Å²) < 4.78 is 27.4. The topological polar surface area (TPSA) is 113 Å². The van der Waals surface area contributed by atoms with E-state index < -0.39 is 34.3 Å². The number of sulfonamides is 1. The molecule has 1 heterocycles. The molecule has 9 heteroatoms. The van der Waals surface area contributed by atoms with E-state index in [0.717, 1.165) is 10.5 Å². The van der Waals surface area contributed by atoms with Gasteiger partial charge in [-0.3, -0.25) is 24.0 Å². The van der Waals surface area contributed by atoms with E-state index in [4.69, 9.17) is 0 Å². The van der Waals surface area contributed by atoms with Gasteiger partial charge in [0.1, 0.15) is 6.54 Å². The second kappa shape index (κ2) is 8.27. The molecule has 0 aliphatic carbocycles. The Morgan fingerprint density at radius 1 is 0.812 bits per heavy atom. The molecule has 3 amide bonds. The van der Waals surface area contributed by atoms with Crippen molar-refractivity contribution in [1.82, 2.24) is 4.90 Å². The highest BCUT2D eigenvalue weighted by Crippen LogP contribution is 2.23. The van der Waals surface area contributed by atoms with E-state index in [0.29, 0.717) is 11.4 Å². The van der Waals surface area contributed by atoms with Crippen LogP contribution in [0, 0.1) is 6.92 Å². The summed E-state index contributed by atoms with van der Waals surface area (Å²) in [7, 11) is -3.74. The lowest BCUT2D eigenvalue weighted by atomic mass is 10.1. The average Bonchev–Trinajstić information content (AvgIpc) is 3.00. The number of rotatable bonds is 6. The highest BCUT2D eigenvalue weighted by molar-refractivity contribution is 7.92. The van der Waals surface area contributed by atoms with Crippen molar-refractivity contribution in [2.24, 2.45) is 0 Å². The van der Waals surface area contributed by atoms with E-state index in [1.165, 1.54) is 36.4 Å². The van der Waals surface area contributed by atoms with Gasteiger partial charge >= 0.3 is 0 Å². The van der Waals surface area contributed by atoms with Crippen LogP contribution in [-0.4, -0.2) is 37.6 Å². The maximum atomic E-state index is 12.5. The van der Waals surface area contributed by atoms with E-state index >= 15 is 0 Å². The molecule has 4 rings (SSSR count). The minimum atomic E-state index is -3.74. The third-order valence-corrected chi connectivity index (χ3v) is 6.33. The van der Waals surface area contributed by atoms with Gasteiger partial charge in [0.2, 0.25) is 5.91 Å². The number of benzene rings is 3. The third kappa shape index (κ3) is 4.23. The summed E-state index contributed by atoms with van der Waals surface area (Å²) in [5.74, 6) is -1.57. The van der Waals surface area contributed by atoms with Gasteiger partial charge in [0.05, 0.1) is 16.0 Å². The van der Waals surface area contributed by atoms with Crippen molar-refractivity contribution in [1.29, 1.82) is 0 Å². The molecule has 8 nitrogen and oxygen atoms in total. The molecule has 32 heavy (non-hydrogen) atoms. The summed E-state index contributed by atoms with van der Waals surface area (Å²) >= 11 is 0. The van der Waals surface area contributed by atoms with Crippen molar-refractivity contribution in [3.05, 3.63) is 89.5 Å². The molecule has 0 unspecified atom stereocenters. The number of nitrogens with one attached hydrogen (secondary N) is 2. The van der Waals surface area contributed by atoms with Crippen LogP contribution in [0.4, 0.5) is 11.4 Å². The Balaban J connectivity index is 1.39. The van der Waals surface area contributed by atoms with E-state index in [1.54, 1.807) is 36.4 Å². The Labute approximate surface area is 184 Å². The summed E-state index contributed by atoms with van der Waals surface area (Å²) in [6, 6.07) is 18.9. The van der Waals surface area contributed by atoms with Gasteiger partial charge in [-0.1, -0.05) is 29.8 Å². The van der Waals surface area contributed by atoms with Gasteiger partial charge in [0.25, 0.3) is 21.8 Å². The normalized spacial score (nSPS) is 13.1. The van der Waals surface area contributed by atoms with Crippen LogP contribution < -0.4 is 10.0 Å². The second-order valence-corrected chi connectivity index (χ2v) is 8.97. The molecular formula is C23H19N3O5S. The van der Waals surface area contributed by atoms with Gasteiger partial charge in [-0.05, 0) is 55.5 Å². The number of imide groups is 1. The predicted octanol–water partition coefficient (Wildman–Crippen LogP) is 3.03. The van der Waals surface area contributed by atoms with E-state index in [1.807, 2.05) is 6.92 Å². The molecule has 2 N–H and O–H groups in total. The number of hydrogen-bond acceptors (Lipinski definition) is 5. The van der Waals surface area contributed by atoms with Gasteiger partial charge in [0, 0.05) is 11.4 Å². The molecule has 3 aromatic rings. The summed E-state index contributed by atoms with van der Waals surface area (Å²) in [6.07, 6.45) is 0. The fraction of sp³-hybridized carbons (Fsp3) is 0.0870. The van der Waals surface area contributed by atoms with Gasteiger partial charge in [0.15, 0.2) is 0 Å². The van der Waals surface area contributed by atoms with Gasteiger partial charge in [-0.2, -0.15) is 0 Å².